The number of hydrogen-bond acceptors (Lipinski definition) is 8. The van der Waals surface area contributed by atoms with Gasteiger partial charge in [-0.15, -0.1) is 0 Å². The van der Waals surface area contributed by atoms with Gasteiger partial charge in [-0.2, -0.15) is 0 Å². The summed E-state index contributed by atoms with van der Waals surface area (Å²) in [5.74, 6) is -1.89. The molecule has 1 amide bonds. The molecule has 0 saturated carbocycles. The maximum atomic E-state index is 12.9. The molecule has 2 aliphatic heterocycles. The summed E-state index contributed by atoms with van der Waals surface area (Å²) in [6.45, 7) is 2.80. The van der Waals surface area contributed by atoms with Crippen molar-refractivity contribution in [2.24, 2.45) is 5.16 Å². The molecule has 0 spiro atoms. The van der Waals surface area contributed by atoms with Crippen molar-refractivity contribution >= 4 is 29.2 Å². The molecule has 3 rings (SSSR count). The minimum absolute atomic E-state index is 0.101. The van der Waals surface area contributed by atoms with Crippen LogP contribution in [-0.2, 0) is 20.8 Å². The number of piperidine rings is 1. The second-order valence-electron chi connectivity index (χ2n) is 8.64. The van der Waals surface area contributed by atoms with Crippen LogP contribution in [0.25, 0.3) is 0 Å². The van der Waals surface area contributed by atoms with Gasteiger partial charge < -0.3 is 29.8 Å². The number of nitrogens with zero attached hydrogens (tertiary/aromatic N) is 2. The Balaban J connectivity index is 1.91. The van der Waals surface area contributed by atoms with E-state index in [1.807, 2.05) is 0 Å². The van der Waals surface area contributed by atoms with Crippen LogP contribution in [0.15, 0.2) is 35.5 Å². The lowest BCUT2D eigenvalue weighted by Crippen LogP contribution is -2.37. The first kappa shape index (κ1) is 26.6. The summed E-state index contributed by atoms with van der Waals surface area (Å²) in [5.41, 5.74) is 0.175. The predicted molar refractivity (Wildman–Crippen MR) is 131 cm³/mol. The molecule has 9 nitrogen and oxygen atoms in total. The van der Waals surface area contributed by atoms with E-state index in [-0.39, 0.29) is 47.2 Å². The Bertz CT molecular complexity index is 1020. The lowest BCUT2D eigenvalue weighted by molar-refractivity contribution is -0.137. The number of carbonyl (C=O) groups excluding carboxylic acids is 2. The van der Waals surface area contributed by atoms with Gasteiger partial charge in [0, 0.05) is 32.0 Å². The summed E-state index contributed by atoms with van der Waals surface area (Å²) < 4.78 is 5.44. The van der Waals surface area contributed by atoms with Crippen LogP contribution < -0.4 is 0 Å². The second-order valence-corrected chi connectivity index (χ2v) is 9.02. The molecule has 1 fully saturated rings. The summed E-state index contributed by atoms with van der Waals surface area (Å²) in [7, 11) is 0. The minimum atomic E-state index is -0.817. The van der Waals surface area contributed by atoms with Gasteiger partial charge in [-0.25, -0.2) is 4.79 Å². The first-order chi connectivity index (χ1) is 16.8. The molecule has 0 aliphatic carbocycles. The molecule has 10 heteroatoms. The summed E-state index contributed by atoms with van der Waals surface area (Å²) in [5, 5.41) is 34.7. The molecule has 1 saturated heterocycles. The zero-order valence-electron chi connectivity index (χ0n) is 19.7. The van der Waals surface area contributed by atoms with Crippen LogP contribution in [0.4, 0.5) is 0 Å². The van der Waals surface area contributed by atoms with Crippen LogP contribution >= 0.6 is 11.6 Å². The number of cyclic esters (lactones) is 1. The lowest BCUT2D eigenvalue weighted by Gasteiger charge is -2.26. The third-order valence-corrected chi connectivity index (χ3v) is 6.21. The number of aromatic hydroxyl groups is 2. The van der Waals surface area contributed by atoms with E-state index < -0.39 is 29.7 Å². The van der Waals surface area contributed by atoms with Gasteiger partial charge in [0.15, 0.2) is 6.61 Å². The van der Waals surface area contributed by atoms with E-state index >= 15 is 0 Å². The van der Waals surface area contributed by atoms with E-state index in [2.05, 4.69) is 5.16 Å². The number of likely N-dealkylation sites (tertiary alicyclic amines) is 1. The van der Waals surface area contributed by atoms with E-state index in [4.69, 9.17) is 21.2 Å². The molecule has 1 aromatic carbocycles. The van der Waals surface area contributed by atoms with Crippen molar-refractivity contribution in [3.8, 4) is 11.5 Å². The molecule has 2 heterocycles. The van der Waals surface area contributed by atoms with Gasteiger partial charge >= 0.3 is 5.97 Å². The number of aliphatic hydroxyl groups excluding tert-OH is 1. The molecule has 3 N–H and O–H groups in total. The number of benzene rings is 1. The van der Waals surface area contributed by atoms with Crippen molar-refractivity contribution in [1.29, 1.82) is 0 Å². The largest absolute Gasteiger partial charge is 0.507 e. The highest BCUT2D eigenvalue weighted by atomic mass is 35.5. The molecule has 1 aromatic rings. The van der Waals surface area contributed by atoms with Crippen molar-refractivity contribution in [1.82, 2.24) is 4.90 Å². The molecule has 0 bridgehead atoms. The smallest absolute Gasteiger partial charge is 0.342 e. The normalized spacial score (nSPS) is 22.9. The molecule has 0 radical (unpaired) electrons. The Labute approximate surface area is 209 Å². The number of phenols is 2. The monoisotopic (exact) mass is 506 g/mol. The van der Waals surface area contributed by atoms with E-state index in [1.165, 1.54) is 0 Å². The third kappa shape index (κ3) is 7.47. The number of rotatable bonds is 3. The van der Waals surface area contributed by atoms with Crippen molar-refractivity contribution in [2.45, 2.75) is 57.7 Å². The van der Waals surface area contributed by atoms with Crippen molar-refractivity contribution in [3.63, 3.8) is 0 Å². The number of hydrogen-bond donors (Lipinski definition) is 3. The van der Waals surface area contributed by atoms with E-state index in [9.17, 15) is 24.9 Å². The molecular formula is C25H31ClN2O7. The van der Waals surface area contributed by atoms with Crippen LogP contribution in [0.2, 0.25) is 5.02 Å². The predicted octanol–water partition coefficient (Wildman–Crippen LogP) is 3.49. The zero-order valence-corrected chi connectivity index (χ0v) is 20.4. The standard InChI is InChI=1S/C25H31ClN2O7/c1-16-7-5-9-18(29)10-6-8-17(27-34-15-22(32)28-11-3-2-4-12-28)13-19-23(25(33)35-16)20(30)14-21(31)24(19)26/h5-6,8-9,14,16,18,29-31H,2-4,7,10-13,15H2,1H3. The van der Waals surface area contributed by atoms with Crippen LogP contribution in [0, 0.1) is 0 Å². The van der Waals surface area contributed by atoms with Gasteiger partial charge in [0.2, 0.25) is 0 Å². The van der Waals surface area contributed by atoms with E-state index in [1.54, 1.807) is 36.1 Å². The molecule has 35 heavy (non-hydrogen) atoms. The van der Waals surface area contributed by atoms with Gasteiger partial charge in [-0.1, -0.05) is 35.0 Å². The van der Waals surface area contributed by atoms with Crippen molar-refractivity contribution < 1.29 is 34.5 Å². The number of phenolic OH excluding ortho intramolecular Hbond substituents is 2. The number of aliphatic hydroxyl groups is 1. The Kier molecular flexibility index (Phi) is 9.56. The number of halogens is 1. The van der Waals surface area contributed by atoms with Crippen molar-refractivity contribution in [2.75, 3.05) is 19.7 Å². The van der Waals surface area contributed by atoms with Crippen LogP contribution in [0.5, 0.6) is 11.5 Å². The fraction of sp³-hybridized carbons (Fsp3) is 0.480. The maximum absolute atomic E-state index is 12.9. The van der Waals surface area contributed by atoms with Gasteiger partial charge in [0.05, 0.1) is 16.8 Å². The van der Waals surface area contributed by atoms with Crippen LogP contribution in [0.1, 0.15) is 54.9 Å². The molecule has 2 aliphatic rings. The Morgan fingerprint density at radius 2 is 1.94 bits per heavy atom. The SMILES string of the molecule is CC1CC=CC(O)CC=CC(=NOCC(=O)N2CCCCC2)Cc2c(Cl)c(O)cc(O)c2C(=O)O1. The molecule has 2 atom stereocenters. The summed E-state index contributed by atoms with van der Waals surface area (Å²) >= 11 is 6.31. The Hall–Kier alpha value is -3.04. The minimum Gasteiger partial charge on any atom is -0.507 e. The molecule has 0 aromatic heterocycles. The zero-order chi connectivity index (χ0) is 25.4. The highest BCUT2D eigenvalue weighted by molar-refractivity contribution is 6.33. The fourth-order valence-electron chi connectivity index (χ4n) is 3.92. The number of amides is 1. The first-order valence-corrected chi connectivity index (χ1v) is 12.1. The second kappa shape index (κ2) is 12.6. The number of allylic oxidation sites excluding steroid dienone is 1. The van der Waals surface area contributed by atoms with Gasteiger partial charge in [0.25, 0.3) is 5.91 Å². The third-order valence-electron chi connectivity index (χ3n) is 5.78. The number of fused-ring (bicyclic) bond motifs is 1. The molecular weight excluding hydrogens is 476 g/mol. The quantitative estimate of drug-likeness (QED) is 0.325. The van der Waals surface area contributed by atoms with Gasteiger partial charge in [0.1, 0.15) is 23.2 Å². The number of esters is 1. The van der Waals surface area contributed by atoms with E-state index in [0.717, 1.165) is 25.3 Å². The summed E-state index contributed by atoms with van der Waals surface area (Å²) in [6, 6.07) is 0.979. The fourth-order valence-corrected chi connectivity index (χ4v) is 4.14. The Morgan fingerprint density at radius 3 is 2.69 bits per heavy atom. The Morgan fingerprint density at radius 1 is 1.20 bits per heavy atom. The average Bonchev–Trinajstić information content (AvgIpc) is 2.82. The average molecular weight is 507 g/mol. The maximum Gasteiger partial charge on any atom is 0.342 e. The van der Waals surface area contributed by atoms with Crippen LogP contribution in [-0.4, -0.2) is 69.7 Å². The number of oxime groups is 1. The highest BCUT2D eigenvalue weighted by Gasteiger charge is 2.26. The number of ether oxygens (including phenoxy) is 1. The number of carbonyl (C=O) groups is 2. The molecule has 190 valence electrons. The van der Waals surface area contributed by atoms with Gasteiger partial charge in [-0.3, -0.25) is 4.79 Å². The van der Waals surface area contributed by atoms with E-state index in [0.29, 0.717) is 19.5 Å². The van der Waals surface area contributed by atoms with Crippen molar-refractivity contribution in [3.05, 3.63) is 46.5 Å². The topological polar surface area (TPSA) is 129 Å². The summed E-state index contributed by atoms with van der Waals surface area (Å²) in [6.07, 6.45) is 8.79. The summed E-state index contributed by atoms with van der Waals surface area (Å²) in [4.78, 5) is 32.3. The molecule has 2 unspecified atom stereocenters. The lowest BCUT2D eigenvalue weighted by atomic mass is 9.99. The first-order valence-electron chi connectivity index (χ1n) is 11.7. The van der Waals surface area contributed by atoms with Crippen LogP contribution in [0.3, 0.4) is 0 Å². The van der Waals surface area contributed by atoms with Gasteiger partial charge in [-0.05, 0) is 44.2 Å². The highest BCUT2D eigenvalue weighted by Crippen LogP contribution is 2.37.